The van der Waals surface area contributed by atoms with Crippen molar-refractivity contribution in [2.75, 3.05) is 0 Å². The van der Waals surface area contributed by atoms with E-state index in [0.717, 1.165) is 37.9 Å². The number of aliphatic carboxylic acids is 1. The third-order valence-electron chi connectivity index (χ3n) is 3.29. The van der Waals surface area contributed by atoms with Crippen molar-refractivity contribution in [3.63, 3.8) is 0 Å². The van der Waals surface area contributed by atoms with Gasteiger partial charge < -0.3 is 5.11 Å². The van der Waals surface area contributed by atoms with Gasteiger partial charge in [-0.15, -0.1) is 0 Å². The number of aromatic amines is 1. The number of carbonyl (C=O) groups is 1. The van der Waals surface area contributed by atoms with Gasteiger partial charge in [0.15, 0.2) is 5.69 Å². The van der Waals surface area contributed by atoms with Crippen molar-refractivity contribution >= 4 is 5.97 Å². The SMILES string of the molecule is Cc1n[nH][n+](CCCCCCCCC(=O)O)c1C. The van der Waals surface area contributed by atoms with Crippen molar-refractivity contribution in [3.05, 3.63) is 11.4 Å². The lowest BCUT2D eigenvalue weighted by Crippen LogP contribution is -2.38. The first-order chi connectivity index (χ1) is 8.61. The van der Waals surface area contributed by atoms with Crippen LogP contribution >= 0.6 is 0 Å². The zero-order valence-corrected chi connectivity index (χ0v) is 11.4. The fourth-order valence-corrected chi connectivity index (χ4v) is 1.96. The molecule has 18 heavy (non-hydrogen) atoms. The van der Waals surface area contributed by atoms with E-state index in [1.807, 2.05) is 6.92 Å². The van der Waals surface area contributed by atoms with Crippen molar-refractivity contribution < 1.29 is 14.6 Å². The van der Waals surface area contributed by atoms with Crippen LogP contribution < -0.4 is 4.68 Å². The highest BCUT2D eigenvalue weighted by atomic mass is 16.4. The fourth-order valence-electron chi connectivity index (χ4n) is 1.96. The number of nitrogens with zero attached hydrogens (tertiary/aromatic N) is 2. The molecule has 0 bridgehead atoms. The van der Waals surface area contributed by atoms with Crippen LogP contribution in [0.15, 0.2) is 0 Å². The number of aryl methyl sites for hydroxylation is 2. The van der Waals surface area contributed by atoms with Crippen molar-refractivity contribution in [3.8, 4) is 0 Å². The molecule has 0 aliphatic rings. The second-order valence-electron chi connectivity index (χ2n) is 4.80. The third-order valence-corrected chi connectivity index (χ3v) is 3.29. The minimum atomic E-state index is -0.684. The molecule has 1 rings (SSSR count). The molecule has 5 heteroatoms. The van der Waals surface area contributed by atoms with E-state index in [2.05, 4.69) is 21.9 Å². The molecule has 0 aromatic carbocycles. The second kappa shape index (κ2) is 7.84. The zero-order chi connectivity index (χ0) is 13.4. The fraction of sp³-hybridized carbons (Fsp3) is 0.769. The molecule has 5 nitrogen and oxygen atoms in total. The number of carboxylic acid groups (broad SMARTS) is 1. The molecule has 2 N–H and O–H groups in total. The minimum absolute atomic E-state index is 0.308. The summed E-state index contributed by atoms with van der Waals surface area (Å²) in [4.78, 5) is 10.3. The lowest BCUT2D eigenvalue weighted by molar-refractivity contribution is -0.759. The van der Waals surface area contributed by atoms with Crippen molar-refractivity contribution in [2.45, 2.75) is 65.3 Å². The average molecular weight is 254 g/mol. The number of nitrogens with one attached hydrogen (secondary N) is 1. The highest BCUT2D eigenvalue weighted by Crippen LogP contribution is 2.07. The molecule has 102 valence electrons. The maximum atomic E-state index is 10.3. The van der Waals surface area contributed by atoms with Gasteiger partial charge in [0.25, 0.3) is 0 Å². The summed E-state index contributed by atoms with van der Waals surface area (Å²) in [5.41, 5.74) is 2.26. The van der Waals surface area contributed by atoms with E-state index in [9.17, 15) is 4.79 Å². The quantitative estimate of drug-likeness (QED) is 0.524. The predicted octanol–water partition coefficient (Wildman–Crippen LogP) is 2.13. The van der Waals surface area contributed by atoms with E-state index < -0.39 is 5.97 Å². The molecule has 0 radical (unpaired) electrons. The minimum Gasteiger partial charge on any atom is -0.481 e. The number of hydrogen-bond acceptors (Lipinski definition) is 2. The predicted molar refractivity (Wildman–Crippen MR) is 68.2 cm³/mol. The Bertz CT molecular complexity index is 374. The molecule has 1 aromatic heterocycles. The highest BCUT2D eigenvalue weighted by molar-refractivity contribution is 5.66. The topological polar surface area (TPSA) is 69.9 Å². The van der Waals surface area contributed by atoms with Crippen LogP contribution in [0.25, 0.3) is 0 Å². The van der Waals surface area contributed by atoms with Gasteiger partial charge in [-0.05, 0) is 19.3 Å². The Morgan fingerprint density at radius 2 is 1.78 bits per heavy atom. The van der Waals surface area contributed by atoms with Crippen LogP contribution in [0.1, 0.15) is 56.3 Å². The Morgan fingerprint density at radius 3 is 2.33 bits per heavy atom. The van der Waals surface area contributed by atoms with E-state index in [0.29, 0.717) is 6.42 Å². The van der Waals surface area contributed by atoms with Crippen LogP contribution in [0.4, 0.5) is 0 Å². The van der Waals surface area contributed by atoms with Gasteiger partial charge in [0.1, 0.15) is 6.54 Å². The number of carboxylic acids is 1. The highest BCUT2D eigenvalue weighted by Gasteiger charge is 2.10. The van der Waals surface area contributed by atoms with Gasteiger partial charge in [-0.3, -0.25) is 4.79 Å². The first kappa shape index (κ1) is 14.7. The van der Waals surface area contributed by atoms with Gasteiger partial charge in [-0.25, -0.2) is 0 Å². The standard InChI is InChI=1S/C13H23N3O2/c1-11-12(2)16(15-14-11)10-8-6-4-3-5-7-9-13(17)18/h3-10H2,1-2H3,(H,17,18)/p+1. The molecule has 0 fully saturated rings. The number of hydrogen-bond donors (Lipinski definition) is 2. The smallest absolute Gasteiger partial charge is 0.303 e. The van der Waals surface area contributed by atoms with Gasteiger partial charge in [0, 0.05) is 25.4 Å². The Morgan fingerprint density at radius 1 is 1.17 bits per heavy atom. The summed E-state index contributed by atoms with van der Waals surface area (Å²) in [5, 5.41) is 15.6. The van der Waals surface area contributed by atoms with E-state index in [1.165, 1.54) is 18.5 Å². The Kier molecular flexibility index (Phi) is 6.39. The largest absolute Gasteiger partial charge is 0.481 e. The summed E-state index contributed by atoms with van der Waals surface area (Å²) in [5.74, 6) is -0.684. The first-order valence-corrected chi connectivity index (χ1v) is 6.74. The van der Waals surface area contributed by atoms with E-state index >= 15 is 0 Å². The zero-order valence-electron chi connectivity index (χ0n) is 11.4. The normalized spacial score (nSPS) is 10.8. The summed E-state index contributed by atoms with van der Waals surface area (Å²) >= 11 is 0. The van der Waals surface area contributed by atoms with Crippen LogP contribution in [-0.4, -0.2) is 21.4 Å². The molecule has 0 aliphatic carbocycles. The first-order valence-electron chi connectivity index (χ1n) is 6.74. The monoisotopic (exact) mass is 254 g/mol. The van der Waals surface area contributed by atoms with Crippen LogP contribution in [-0.2, 0) is 11.3 Å². The summed E-state index contributed by atoms with van der Waals surface area (Å²) in [6.07, 6.45) is 6.81. The molecule has 0 atom stereocenters. The summed E-state index contributed by atoms with van der Waals surface area (Å²) < 4.78 is 2.08. The summed E-state index contributed by atoms with van der Waals surface area (Å²) in [6.45, 7) is 5.07. The van der Waals surface area contributed by atoms with E-state index in [1.54, 1.807) is 0 Å². The number of H-pyrrole nitrogens is 1. The molecule has 0 amide bonds. The van der Waals surface area contributed by atoms with Crippen LogP contribution in [0.3, 0.4) is 0 Å². The van der Waals surface area contributed by atoms with Crippen molar-refractivity contribution in [2.24, 2.45) is 0 Å². The number of rotatable bonds is 9. The van der Waals surface area contributed by atoms with Gasteiger partial charge >= 0.3 is 5.97 Å². The van der Waals surface area contributed by atoms with Crippen LogP contribution in [0, 0.1) is 13.8 Å². The molecular weight excluding hydrogens is 230 g/mol. The molecule has 0 saturated carbocycles. The van der Waals surface area contributed by atoms with Gasteiger partial charge in [-0.2, -0.15) is 4.68 Å². The molecule has 1 aromatic rings. The maximum absolute atomic E-state index is 10.3. The number of aromatic nitrogens is 3. The lowest BCUT2D eigenvalue weighted by Gasteiger charge is -2.00. The summed E-state index contributed by atoms with van der Waals surface area (Å²) in [7, 11) is 0. The van der Waals surface area contributed by atoms with Crippen molar-refractivity contribution in [1.29, 1.82) is 0 Å². The molecule has 0 saturated heterocycles. The molecule has 0 unspecified atom stereocenters. The summed E-state index contributed by atoms with van der Waals surface area (Å²) in [6, 6.07) is 0. The van der Waals surface area contributed by atoms with Crippen LogP contribution in [0.5, 0.6) is 0 Å². The third kappa shape index (κ3) is 5.29. The van der Waals surface area contributed by atoms with E-state index in [-0.39, 0.29) is 0 Å². The Hall–Kier alpha value is -1.39. The molecule has 1 heterocycles. The van der Waals surface area contributed by atoms with Crippen molar-refractivity contribution in [1.82, 2.24) is 10.3 Å². The Balaban J connectivity index is 1.99. The second-order valence-corrected chi connectivity index (χ2v) is 4.80. The Labute approximate surface area is 108 Å². The van der Waals surface area contributed by atoms with Gasteiger partial charge in [0.2, 0.25) is 5.69 Å². The lowest BCUT2D eigenvalue weighted by atomic mass is 10.1. The molecular formula is C13H24N3O2+. The molecule has 0 spiro atoms. The molecule has 0 aliphatic heterocycles. The average Bonchev–Trinajstić information content (AvgIpc) is 2.64. The van der Waals surface area contributed by atoms with Gasteiger partial charge in [-0.1, -0.05) is 24.5 Å². The van der Waals surface area contributed by atoms with Crippen LogP contribution in [0.2, 0.25) is 0 Å². The number of unbranched alkanes of at least 4 members (excludes halogenated alkanes) is 5. The maximum Gasteiger partial charge on any atom is 0.303 e. The van der Waals surface area contributed by atoms with Gasteiger partial charge in [0.05, 0.1) is 0 Å². The van der Waals surface area contributed by atoms with E-state index in [4.69, 9.17) is 5.11 Å².